The molecule has 0 bridgehead atoms. The first kappa shape index (κ1) is 14.5. The molecule has 0 aromatic heterocycles. The maximum atomic E-state index is 11.6. The number of benzene rings is 1. The molecule has 1 aromatic rings. The number of anilines is 1. The van der Waals surface area contributed by atoms with Crippen molar-refractivity contribution >= 4 is 21.9 Å². The van der Waals surface area contributed by atoms with E-state index in [1.165, 1.54) is 13.2 Å². The molecule has 0 saturated heterocycles. The van der Waals surface area contributed by atoms with Gasteiger partial charge in [0.25, 0.3) is 10.2 Å². The van der Waals surface area contributed by atoms with Gasteiger partial charge < -0.3 is 4.74 Å². The van der Waals surface area contributed by atoms with Gasteiger partial charge in [-0.15, -0.1) is 0 Å². The van der Waals surface area contributed by atoms with Gasteiger partial charge in [0, 0.05) is 6.54 Å². The first-order chi connectivity index (χ1) is 8.39. The molecule has 0 atom stereocenters. The molecule has 0 fully saturated rings. The summed E-state index contributed by atoms with van der Waals surface area (Å²) in [6.07, 6.45) is 0. The van der Waals surface area contributed by atoms with Crippen molar-refractivity contribution in [2.45, 2.75) is 13.8 Å². The molecule has 18 heavy (non-hydrogen) atoms. The van der Waals surface area contributed by atoms with Crippen molar-refractivity contribution in [3.8, 4) is 0 Å². The van der Waals surface area contributed by atoms with E-state index in [0.717, 1.165) is 5.56 Å². The quantitative estimate of drug-likeness (QED) is 0.785. The predicted octanol–water partition coefficient (Wildman–Crippen LogP) is 1.05. The second-order valence-corrected chi connectivity index (χ2v) is 5.14. The summed E-state index contributed by atoms with van der Waals surface area (Å²) in [5, 5.41) is 0. The Kier molecular flexibility index (Phi) is 4.69. The van der Waals surface area contributed by atoms with E-state index in [1.807, 2.05) is 0 Å². The van der Waals surface area contributed by atoms with Gasteiger partial charge in [0.2, 0.25) is 0 Å². The van der Waals surface area contributed by atoms with Crippen LogP contribution in [0, 0.1) is 6.92 Å². The van der Waals surface area contributed by atoms with E-state index in [4.69, 9.17) is 0 Å². The van der Waals surface area contributed by atoms with Gasteiger partial charge in [-0.1, -0.05) is 18.6 Å². The van der Waals surface area contributed by atoms with E-state index in [0.29, 0.717) is 0 Å². The zero-order chi connectivity index (χ0) is 13.8. The number of aryl methyl sites for hydroxylation is 1. The number of esters is 1. The lowest BCUT2D eigenvalue weighted by Crippen LogP contribution is -2.30. The standard InChI is InChI=1S/C11H16N2O4S/c1-4-12-18(15,16)13-10-6-5-8(2)7-9(10)11(14)17-3/h5-7,12-13H,4H2,1-3H3. The molecule has 7 heteroatoms. The van der Waals surface area contributed by atoms with Crippen LogP contribution in [0.3, 0.4) is 0 Å². The summed E-state index contributed by atoms with van der Waals surface area (Å²) in [5.74, 6) is -0.590. The van der Waals surface area contributed by atoms with Gasteiger partial charge in [-0.25, -0.2) is 4.79 Å². The van der Waals surface area contributed by atoms with Crippen molar-refractivity contribution < 1.29 is 17.9 Å². The zero-order valence-corrected chi connectivity index (χ0v) is 11.3. The Bertz CT molecular complexity index is 540. The van der Waals surface area contributed by atoms with E-state index < -0.39 is 16.2 Å². The summed E-state index contributed by atoms with van der Waals surface area (Å²) in [5.41, 5.74) is 1.20. The first-order valence-corrected chi connectivity index (χ1v) is 6.84. The molecule has 0 spiro atoms. The highest BCUT2D eigenvalue weighted by Gasteiger charge is 2.16. The van der Waals surface area contributed by atoms with Gasteiger partial charge in [0.05, 0.1) is 18.4 Å². The minimum absolute atomic E-state index is 0.180. The van der Waals surface area contributed by atoms with Crippen molar-refractivity contribution in [1.82, 2.24) is 4.72 Å². The fourth-order valence-electron chi connectivity index (χ4n) is 1.40. The Balaban J connectivity index is 3.13. The summed E-state index contributed by atoms with van der Waals surface area (Å²) in [4.78, 5) is 11.6. The smallest absolute Gasteiger partial charge is 0.340 e. The number of ether oxygens (including phenoxy) is 1. The highest BCUT2D eigenvalue weighted by atomic mass is 32.2. The number of hydrogen-bond acceptors (Lipinski definition) is 4. The number of carbonyl (C=O) groups is 1. The van der Waals surface area contributed by atoms with E-state index in [-0.39, 0.29) is 17.8 Å². The lowest BCUT2D eigenvalue weighted by atomic mass is 10.1. The van der Waals surface area contributed by atoms with Gasteiger partial charge in [-0.2, -0.15) is 13.1 Å². The molecule has 6 nitrogen and oxygen atoms in total. The molecule has 0 unspecified atom stereocenters. The molecular formula is C11H16N2O4S. The van der Waals surface area contributed by atoms with Crippen molar-refractivity contribution in [3.05, 3.63) is 29.3 Å². The summed E-state index contributed by atoms with van der Waals surface area (Å²) in [6, 6.07) is 4.79. The van der Waals surface area contributed by atoms with Gasteiger partial charge >= 0.3 is 5.97 Å². The first-order valence-electron chi connectivity index (χ1n) is 5.36. The van der Waals surface area contributed by atoms with Crippen molar-refractivity contribution in [2.24, 2.45) is 0 Å². The molecule has 0 aliphatic carbocycles. The second kappa shape index (κ2) is 5.83. The molecule has 0 amide bonds. The summed E-state index contributed by atoms with van der Waals surface area (Å²) in [6.45, 7) is 3.72. The maximum Gasteiger partial charge on any atom is 0.340 e. The molecule has 1 aromatic carbocycles. The van der Waals surface area contributed by atoms with Crippen molar-refractivity contribution in [1.29, 1.82) is 0 Å². The Hall–Kier alpha value is -1.60. The highest BCUT2D eigenvalue weighted by molar-refractivity contribution is 7.90. The largest absolute Gasteiger partial charge is 0.465 e. The maximum absolute atomic E-state index is 11.6. The molecule has 0 heterocycles. The third kappa shape index (κ3) is 3.71. The summed E-state index contributed by atoms with van der Waals surface area (Å²) >= 11 is 0. The summed E-state index contributed by atoms with van der Waals surface area (Å²) < 4.78 is 32.3. The topological polar surface area (TPSA) is 84.5 Å². The number of nitrogens with one attached hydrogen (secondary N) is 2. The molecule has 0 radical (unpaired) electrons. The summed E-state index contributed by atoms with van der Waals surface area (Å²) in [7, 11) is -2.43. The Morgan fingerprint density at radius 2 is 2.06 bits per heavy atom. The van der Waals surface area contributed by atoms with E-state index in [1.54, 1.807) is 26.0 Å². The minimum Gasteiger partial charge on any atom is -0.465 e. The molecule has 1 rings (SSSR count). The fraction of sp³-hybridized carbons (Fsp3) is 0.364. The molecule has 0 saturated carbocycles. The lowest BCUT2D eigenvalue weighted by molar-refractivity contribution is 0.0602. The third-order valence-corrected chi connectivity index (χ3v) is 3.32. The Labute approximate surface area is 107 Å². The second-order valence-electron chi connectivity index (χ2n) is 3.64. The van der Waals surface area contributed by atoms with Crippen LogP contribution in [0.4, 0.5) is 5.69 Å². The van der Waals surface area contributed by atoms with Gasteiger partial charge in [-0.05, 0) is 19.1 Å². The van der Waals surface area contributed by atoms with E-state index in [2.05, 4.69) is 14.2 Å². The van der Waals surface area contributed by atoms with Gasteiger partial charge in [0.1, 0.15) is 0 Å². The van der Waals surface area contributed by atoms with Crippen LogP contribution in [0.5, 0.6) is 0 Å². The Morgan fingerprint density at radius 3 is 2.61 bits per heavy atom. The number of methoxy groups -OCH3 is 1. The SMILES string of the molecule is CCNS(=O)(=O)Nc1ccc(C)cc1C(=O)OC. The van der Waals surface area contributed by atoms with Gasteiger partial charge in [0.15, 0.2) is 0 Å². The van der Waals surface area contributed by atoms with Crippen molar-refractivity contribution in [3.63, 3.8) is 0 Å². The van der Waals surface area contributed by atoms with Crippen LogP contribution >= 0.6 is 0 Å². The Morgan fingerprint density at radius 1 is 1.39 bits per heavy atom. The van der Waals surface area contributed by atoms with Crippen molar-refractivity contribution in [2.75, 3.05) is 18.4 Å². The van der Waals surface area contributed by atoms with Crippen LogP contribution in [-0.2, 0) is 14.9 Å². The van der Waals surface area contributed by atoms with Crippen LogP contribution in [-0.4, -0.2) is 28.0 Å². The van der Waals surface area contributed by atoms with Crippen LogP contribution in [0.25, 0.3) is 0 Å². The molecule has 100 valence electrons. The molecular weight excluding hydrogens is 256 g/mol. The highest BCUT2D eigenvalue weighted by Crippen LogP contribution is 2.19. The average Bonchev–Trinajstić information content (AvgIpc) is 2.30. The van der Waals surface area contributed by atoms with Crippen LogP contribution < -0.4 is 9.44 Å². The zero-order valence-electron chi connectivity index (χ0n) is 10.5. The normalized spacial score (nSPS) is 11.1. The number of hydrogen-bond donors (Lipinski definition) is 2. The van der Waals surface area contributed by atoms with E-state index in [9.17, 15) is 13.2 Å². The van der Waals surface area contributed by atoms with Crippen LogP contribution in [0.15, 0.2) is 18.2 Å². The minimum atomic E-state index is -3.67. The van der Waals surface area contributed by atoms with Crippen LogP contribution in [0.1, 0.15) is 22.8 Å². The van der Waals surface area contributed by atoms with E-state index >= 15 is 0 Å². The monoisotopic (exact) mass is 272 g/mol. The molecule has 0 aliphatic rings. The predicted molar refractivity (Wildman–Crippen MR) is 68.7 cm³/mol. The average molecular weight is 272 g/mol. The van der Waals surface area contributed by atoms with Crippen LogP contribution in [0.2, 0.25) is 0 Å². The number of rotatable bonds is 5. The molecule has 0 aliphatic heterocycles. The third-order valence-electron chi connectivity index (χ3n) is 2.16. The fourth-order valence-corrected chi connectivity index (χ4v) is 2.32. The number of carbonyl (C=O) groups excluding carboxylic acids is 1. The lowest BCUT2D eigenvalue weighted by Gasteiger charge is -2.12. The molecule has 2 N–H and O–H groups in total. The van der Waals surface area contributed by atoms with Gasteiger partial charge in [-0.3, -0.25) is 4.72 Å².